The van der Waals surface area contributed by atoms with Gasteiger partial charge in [-0.1, -0.05) is 54.4 Å². The van der Waals surface area contributed by atoms with Crippen molar-refractivity contribution in [1.82, 2.24) is 0 Å². The zero-order chi connectivity index (χ0) is 20.1. The molecule has 0 radical (unpaired) electrons. The quantitative estimate of drug-likeness (QED) is 0.285. The van der Waals surface area contributed by atoms with Crippen LogP contribution in [-0.2, 0) is 9.53 Å². The Bertz CT molecular complexity index is 537. The highest BCUT2D eigenvalue weighted by Crippen LogP contribution is 2.15. The van der Waals surface area contributed by atoms with Gasteiger partial charge in [0, 0.05) is 6.42 Å². The largest absolute Gasteiger partial charge is 0.458 e. The Hall–Kier alpha value is -1.57. The van der Waals surface area contributed by atoms with Gasteiger partial charge in [0.05, 0.1) is 5.92 Å². The lowest BCUT2D eigenvalue weighted by molar-refractivity contribution is -0.150. The van der Waals surface area contributed by atoms with Crippen molar-refractivity contribution in [3.63, 3.8) is 0 Å². The SMILES string of the molecule is CC(C)=CCCC(C)=CCC(C=C(C)CCC=C(C)C)OC(=O)C(C)C. The fourth-order valence-electron chi connectivity index (χ4n) is 2.43. The van der Waals surface area contributed by atoms with E-state index in [0.717, 1.165) is 32.1 Å². The Morgan fingerprint density at radius 2 is 1.31 bits per heavy atom. The number of carbonyl (C=O) groups is 1. The maximum atomic E-state index is 12.0. The topological polar surface area (TPSA) is 26.3 Å². The van der Waals surface area contributed by atoms with E-state index in [-0.39, 0.29) is 18.0 Å². The van der Waals surface area contributed by atoms with E-state index in [1.807, 2.05) is 13.8 Å². The van der Waals surface area contributed by atoms with Crippen LogP contribution in [0.5, 0.6) is 0 Å². The van der Waals surface area contributed by atoms with Crippen molar-refractivity contribution in [3.8, 4) is 0 Å². The first kappa shape index (κ1) is 24.4. The zero-order valence-corrected chi connectivity index (χ0v) is 18.3. The smallest absolute Gasteiger partial charge is 0.308 e. The van der Waals surface area contributed by atoms with E-state index < -0.39 is 0 Å². The molecule has 26 heavy (non-hydrogen) atoms. The van der Waals surface area contributed by atoms with E-state index in [9.17, 15) is 4.79 Å². The van der Waals surface area contributed by atoms with Gasteiger partial charge in [-0.15, -0.1) is 0 Å². The summed E-state index contributed by atoms with van der Waals surface area (Å²) in [6.45, 7) is 16.5. The summed E-state index contributed by atoms with van der Waals surface area (Å²) in [7, 11) is 0. The van der Waals surface area contributed by atoms with Gasteiger partial charge in [-0.25, -0.2) is 0 Å². The molecule has 2 nitrogen and oxygen atoms in total. The van der Waals surface area contributed by atoms with Crippen molar-refractivity contribution in [2.75, 3.05) is 0 Å². The van der Waals surface area contributed by atoms with Crippen LogP contribution in [0.25, 0.3) is 0 Å². The summed E-state index contributed by atoms with van der Waals surface area (Å²) in [4.78, 5) is 12.0. The van der Waals surface area contributed by atoms with Crippen molar-refractivity contribution in [3.05, 3.63) is 46.6 Å². The molecule has 0 aromatic carbocycles. The van der Waals surface area contributed by atoms with E-state index in [0.29, 0.717) is 0 Å². The highest BCUT2D eigenvalue weighted by molar-refractivity contribution is 5.71. The molecule has 0 aliphatic heterocycles. The Labute approximate surface area is 162 Å². The first-order valence-electron chi connectivity index (χ1n) is 9.92. The van der Waals surface area contributed by atoms with Gasteiger partial charge < -0.3 is 4.74 Å². The third kappa shape index (κ3) is 13.7. The molecule has 0 spiro atoms. The van der Waals surface area contributed by atoms with Crippen molar-refractivity contribution in [2.24, 2.45) is 5.92 Å². The maximum absolute atomic E-state index is 12.0. The minimum absolute atomic E-state index is 0.0976. The number of rotatable bonds is 11. The van der Waals surface area contributed by atoms with Crippen LogP contribution in [0.1, 0.15) is 87.5 Å². The second-order valence-corrected chi connectivity index (χ2v) is 8.07. The van der Waals surface area contributed by atoms with E-state index in [4.69, 9.17) is 4.74 Å². The molecule has 0 amide bonds. The van der Waals surface area contributed by atoms with Crippen LogP contribution < -0.4 is 0 Å². The molecular formula is C24H40O2. The first-order chi connectivity index (χ1) is 12.1. The Balaban J connectivity index is 4.90. The number of hydrogen-bond acceptors (Lipinski definition) is 2. The average Bonchev–Trinajstić information content (AvgIpc) is 2.51. The summed E-state index contributed by atoms with van der Waals surface area (Å²) < 4.78 is 5.72. The fraction of sp³-hybridized carbons (Fsp3) is 0.625. The Morgan fingerprint density at radius 1 is 0.808 bits per heavy atom. The number of ether oxygens (including phenoxy) is 1. The van der Waals surface area contributed by atoms with Crippen molar-refractivity contribution in [1.29, 1.82) is 0 Å². The van der Waals surface area contributed by atoms with Gasteiger partial charge in [-0.2, -0.15) is 0 Å². The van der Waals surface area contributed by atoms with E-state index >= 15 is 0 Å². The Kier molecular flexibility index (Phi) is 12.8. The second kappa shape index (κ2) is 13.6. The predicted octanol–water partition coefficient (Wildman–Crippen LogP) is 7.33. The summed E-state index contributed by atoms with van der Waals surface area (Å²) in [5.74, 6) is -0.224. The van der Waals surface area contributed by atoms with E-state index in [1.165, 1.54) is 22.3 Å². The van der Waals surface area contributed by atoms with Gasteiger partial charge >= 0.3 is 5.97 Å². The molecule has 1 unspecified atom stereocenters. The normalized spacial score (nSPS) is 13.4. The van der Waals surface area contributed by atoms with Crippen molar-refractivity contribution < 1.29 is 9.53 Å². The number of allylic oxidation sites excluding steroid dienone is 6. The zero-order valence-electron chi connectivity index (χ0n) is 18.3. The van der Waals surface area contributed by atoms with E-state index in [1.54, 1.807) is 0 Å². The van der Waals surface area contributed by atoms with Gasteiger partial charge in [-0.05, 0) is 73.3 Å². The lowest BCUT2D eigenvalue weighted by atomic mass is 10.0. The molecule has 0 aromatic heterocycles. The molecule has 0 saturated heterocycles. The summed E-state index contributed by atoms with van der Waals surface area (Å²) in [5, 5.41) is 0. The first-order valence-corrected chi connectivity index (χ1v) is 9.92. The molecule has 0 N–H and O–H groups in total. The highest BCUT2D eigenvalue weighted by Gasteiger charge is 2.14. The minimum atomic E-state index is -0.171. The van der Waals surface area contributed by atoms with Gasteiger partial charge in [-0.3, -0.25) is 4.79 Å². The van der Waals surface area contributed by atoms with Gasteiger partial charge in [0.15, 0.2) is 0 Å². The molecule has 0 aliphatic carbocycles. The van der Waals surface area contributed by atoms with Crippen molar-refractivity contribution in [2.45, 2.75) is 93.6 Å². The maximum Gasteiger partial charge on any atom is 0.308 e. The minimum Gasteiger partial charge on any atom is -0.458 e. The molecule has 0 aliphatic rings. The lowest BCUT2D eigenvalue weighted by Crippen LogP contribution is -2.20. The van der Waals surface area contributed by atoms with Crippen LogP contribution in [0.15, 0.2) is 46.6 Å². The average molecular weight is 361 g/mol. The molecule has 0 saturated carbocycles. The van der Waals surface area contributed by atoms with Crippen LogP contribution in [0.4, 0.5) is 0 Å². The summed E-state index contributed by atoms with van der Waals surface area (Å²) >= 11 is 0. The van der Waals surface area contributed by atoms with Crippen LogP contribution in [0, 0.1) is 5.92 Å². The highest BCUT2D eigenvalue weighted by atomic mass is 16.5. The molecule has 0 aromatic rings. The number of carbonyl (C=O) groups excluding carboxylic acids is 1. The predicted molar refractivity (Wildman–Crippen MR) is 114 cm³/mol. The summed E-state index contributed by atoms with van der Waals surface area (Å²) in [5.41, 5.74) is 5.33. The summed E-state index contributed by atoms with van der Waals surface area (Å²) in [6, 6.07) is 0. The van der Waals surface area contributed by atoms with Crippen LogP contribution in [0.3, 0.4) is 0 Å². The van der Waals surface area contributed by atoms with Gasteiger partial charge in [0.25, 0.3) is 0 Å². The fourth-order valence-corrected chi connectivity index (χ4v) is 2.43. The third-order valence-electron chi connectivity index (χ3n) is 4.09. The molecule has 2 heteroatoms. The molecule has 0 bridgehead atoms. The van der Waals surface area contributed by atoms with Gasteiger partial charge in [0.2, 0.25) is 0 Å². The third-order valence-corrected chi connectivity index (χ3v) is 4.09. The molecular weight excluding hydrogens is 320 g/mol. The lowest BCUT2D eigenvalue weighted by Gasteiger charge is -2.16. The van der Waals surface area contributed by atoms with Gasteiger partial charge in [0.1, 0.15) is 6.10 Å². The van der Waals surface area contributed by atoms with Crippen molar-refractivity contribution >= 4 is 5.97 Å². The molecule has 0 rings (SSSR count). The summed E-state index contributed by atoms with van der Waals surface area (Å²) in [6.07, 6.45) is 13.6. The molecule has 148 valence electrons. The van der Waals surface area contributed by atoms with Crippen LogP contribution >= 0.6 is 0 Å². The standard InChI is InChI=1S/C24H40O2/c1-18(2)11-9-13-21(7)15-16-23(26-24(25)20(5)6)17-22(8)14-10-12-19(3)4/h11-12,15,17,20,23H,9-10,13-14,16H2,1-8H3. The van der Waals surface area contributed by atoms with Crippen LogP contribution in [-0.4, -0.2) is 12.1 Å². The second-order valence-electron chi connectivity index (χ2n) is 8.07. The number of hydrogen-bond donors (Lipinski definition) is 0. The Morgan fingerprint density at radius 3 is 1.77 bits per heavy atom. The number of esters is 1. The molecule has 1 atom stereocenters. The van der Waals surface area contributed by atoms with E-state index in [2.05, 4.69) is 65.8 Å². The van der Waals surface area contributed by atoms with Crippen LogP contribution in [0.2, 0.25) is 0 Å². The molecule has 0 heterocycles. The molecule has 0 fully saturated rings. The monoisotopic (exact) mass is 360 g/mol.